The zero-order chi connectivity index (χ0) is 13.7. The number of thiazole rings is 1. The van der Waals surface area contributed by atoms with Crippen LogP contribution in [0.25, 0.3) is 0 Å². The topological polar surface area (TPSA) is 28.2 Å². The maximum Gasteiger partial charge on any atom is 0.107 e. The molecule has 1 aliphatic rings. The lowest BCUT2D eigenvalue weighted by Gasteiger charge is -2.26. The first-order chi connectivity index (χ1) is 9.21. The van der Waals surface area contributed by atoms with Gasteiger partial charge in [0.25, 0.3) is 0 Å². The number of nitrogens with one attached hydrogen (secondary N) is 1. The van der Waals surface area contributed by atoms with Crippen LogP contribution in [0.3, 0.4) is 0 Å². The molecule has 19 heavy (non-hydrogen) atoms. The summed E-state index contributed by atoms with van der Waals surface area (Å²) in [4.78, 5) is 7.31. The number of nitrogens with zero attached hydrogens (tertiary/aromatic N) is 2. The van der Waals surface area contributed by atoms with Crippen LogP contribution in [0.15, 0.2) is 5.38 Å². The minimum atomic E-state index is 0.572. The Morgan fingerprint density at radius 3 is 2.79 bits per heavy atom. The SMILES string of the molecule is CCNCc1nc(CN2CCC(CC)(CC)C2)cs1. The molecule has 2 heterocycles. The average molecular weight is 281 g/mol. The highest BCUT2D eigenvalue weighted by atomic mass is 32.1. The summed E-state index contributed by atoms with van der Waals surface area (Å²) < 4.78 is 0. The first-order valence-electron chi connectivity index (χ1n) is 7.57. The van der Waals surface area contributed by atoms with Gasteiger partial charge in [-0.3, -0.25) is 4.90 Å². The van der Waals surface area contributed by atoms with Crippen LogP contribution < -0.4 is 5.32 Å². The van der Waals surface area contributed by atoms with Crippen molar-refractivity contribution in [2.75, 3.05) is 19.6 Å². The summed E-state index contributed by atoms with van der Waals surface area (Å²) in [5, 5.41) is 6.78. The second-order valence-corrected chi connectivity index (χ2v) is 6.62. The number of aromatic nitrogens is 1. The normalized spacial score (nSPS) is 19.1. The van der Waals surface area contributed by atoms with Crippen molar-refractivity contribution < 1.29 is 0 Å². The number of hydrogen-bond donors (Lipinski definition) is 1. The Hall–Kier alpha value is -0.450. The van der Waals surface area contributed by atoms with Gasteiger partial charge in [0.2, 0.25) is 0 Å². The zero-order valence-electron chi connectivity index (χ0n) is 12.5. The van der Waals surface area contributed by atoms with Crippen LogP contribution in [0.4, 0.5) is 0 Å². The largest absolute Gasteiger partial charge is 0.311 e. The van der Waals surface area contributed by atoms with Gasteiger partial charge in [-0.1, -0.05) is 20.8 Å². The van der Waals surface area contributed by atoms with Crippen molar-refractivity contribution in [3.63, 3.8) is 0 Å². The Morgan fingerprint density at radius 2 is 2.16 bits per heavy atom. The Bertz CT molecular complexity index is 384. The highest BCUT2D eigenvalue weighted by Crippen LogP contribution is 2.37. The van der Waals surface area contributed by atoms with E-state index in [1.165, 1.54) is 43.1 Å². The molecule has 0 unspecified atom stereocenters. The van der Waals surface area contributed by atoms with Crippen LogP contribution in [0.5, 0.6) is 0 Å². The second-order valence-electron chi connectivity index (χ2n) is 5.68. The van der Waals surface area contributed by atoms with E-state index in [1.807, 2.05) is 0 Å². The minimum Gasteiger partial charge on any atom is -0.311 e. The van der Waals surface area contributed by atoms with Gasteiger partial charge in [0.1, 0.15) is 5.01 Å². The van der Waals surface area contributed by atoms with E-state index in [2.05, 4.69) is 36.4 Å². The maximum absolute atomic E-state index is 4.73. The fourth-order valence-electron chi connectivity index (χ4n) is 2.95. The summed E-state index contributed by atoms with van der Waals surface area (Å²) >= 11 is 1.78. The van der Waals surface area contributed by atoms with Gasteiger partial charge in [0.05, 0.1) is 5.69 Å². The lowest BCUT2D eigenvalue weighted by molar-refractivity contribution is 0.235. The molecular weight excluding hydrogens is 254 g/mol. The molecular formula is C15H27N3S. The van der Waals surface area contributed by atoms with Crippen molar-refractivity contribution in [1.82, 2.24) is 15.2 Å². The van der Waals surface area contributed by atoms with Crippen LogP contribution in [0.2, 0.25) is 0 Å². The lowest BCUT2D eigenvalue weighted by atomic mass is 9.82. The highest BCUT2D eigenvalue weighted by molar-refractivity contribution is 7.09. The first kappa shape index (κ1) is 14.9. The molecule has 0 amide bonds. The Balaban J connectivity index is 1.87. The smallest absolute Gasteiger partial charge is 0.107 e. The zero-order valence-corrected chi connectivity index (χ0v) is 13.4. The maximum atomic E-state index is 4.73. The molecule has 2 rings (SSSR count). The second kappa shape index (κ2) is 6.82. The third-order valence-electron chi connectivity index (χ3n) is 4.53. The van der Waals surface area contributed by atoms with Gasteiger partial charge < -0.3 is 5.32 Å². The predicted octanol–water partition coefficient (Wildman–Crippen LogP) is 3.26. The molecule has 1 fully saturated rings. The van der Waals surface area contributed by atoms with E-state index in [-0.39, 0.29) is 0 Å². The third-order valence-corrected chi connectivity index (χ3v) is 5.43. The summed E-state index contributed by atoms with van der Waals surface area (Å²) in [5.74, 6) is 0. The molecule has 0 saturated carbocycles. The quantitative estimate of drug-likeness (QED) is 0.831. The molecule has 0 aromatic carbocycles. The molecule has 4 heteroatoms. The van der Waals surface area contributed by atoms with Crippen LogP contribution in [0.1, 0.15) is 50.7 Å². The van der Waals surface area contributed by atoms with E-state index >= 15 is 0 Å². The summed E-state index contributed by atoms with van der Waals surface area (Å²) in [7, 11) is 0. The molecule has 0 atom stereocenters. The first-order valence-corrected chi connectivity index (χ1v) is 8.45. The molecule has 1 aliphatic heterocycles. The van der Waals surface area contributed by atoms with E-state index in [9.17, 15) is 0 Å². The minimum absolute atomic E-state index is 0.572. The molecule has 1 saturated heterocycles. The van der Waals surface area contributed by atoms with E-state index in [4.69, 9.17) is 4.98 Å². The average Bonchev–Trinajstić information content (AvgIpc) is 3.04. The van der Waals surface area contributed by atoms with Crippen LogP contribution in [0, 0.1) is 5.41 Å². The van der Waals surface area contributed by atoms with Crippen LogP contribution >= 0.6 is 11.3 Å². The van der Waals surface area contributed by atoms with Crippen molar-refractivity contribution in [3.8, 4) is 0 Å². The predicted molar refractivity (Wildman–Crippen MR) is 82.4 cm³/mol. The van der Waals surface area contributed by atoms with E-state index < -0.39 is 0 Å². The molecule has 1 N–H and O–H groups in total. The molecule has 3 nitrogen and oxygen atoms in total. The molecule has 108 valence electrons. The molecule has 1 aromatic heterocycles. The van der Waals surface area contributed by atoms with Crippen LogP contribution in [-0.4, -0.2) is 29.5 Å². The van der Waals surface area contributed by atoms with Crippen molar-refractivity contribution in [1.29, 1.82) is 0 Å². The molecule has 1 aromatic rings. The summed E-state index contributed by atoms with van der Waals surface area (Å²) in [6, 6.07) is 0. The molecule has 0 aliphatic carbocycles. The van der Waals surface area contributed by atoms with Gasteiger partial charge in [-0.2, -0.15) is 0 Å². The lowest BCUT2D eigenvalue weighted by Crippen LogP contribution is -2.26. The van der Waals surface area contributed by atoms with Gasteiger partial charge in [-0.05, 0) is 37.8 Å². The fourth-order valence-corrected chi connectivity index (χ4v) is 3.71. The van der Waals surface area contributed by atoms with E-state index in [0.29, 0.717) is 5.41 Å². The Labute approximate surface area is 121 Å². The molecule has 0 spiro atoms. The van der Waals surface area contributed by atoms with Crippen molar-refractivity contribution >= 4 is 11.3 Å². The van der Waals surface area contributed by atoms with Gasteiger partial charge in [-0.25, -0.2) is 4.98 Å². The highest BCUT2D eigenvalue weighted by Gasteiger charge is 2.34. The van der Waals surface area contributed by atoms with Crippen LogP contribution in [-0.2, 0) is 13.1 Å². The van der Waals surface area contributed by atoms with Gasteiger partial charge in [0, 0.05) is 25.0 Å². The Kier molecular flexibility index (Phi) is 5.37. The number of likely N-dealkylation sites (tertiary alicyclic amines) is 1. The third kappa shape index (κ3) is 3.77. The van der Waals surface area contributed by atoms with Gasteiger partial charge in [-0.15, -0.1) is 11.3 Å². The Morgan fingerprint density at radius 1 is 1.37 bits per heavy atom. The molecule has 0 radical (unpaired) electrons. The monoisotopic (exact) mass is 281 g/mol. The standard InChI is InChI=1S/C15H27N3S/c1-4-15(5-2)7-8-18(12-15)10-13-11-19-14(17-13)9-16-6-3/h11,16H,4-10,12H2,1-3H3. The molecule has 0 bridgehead atoms. The number of hydrogen-bond acceptors (Lipinski definition) is 4. The van der Waals surface area contributed by atoms with Crippen molar-refractivity contribution in [2.24, 2.45) is 5.41 Å². The summed E-state index contributed by atoms with van der Waals surface area (Å²) in [6.07, 6.45) is 3.97. The van der Waals surface area contributed by atoms with E-state index in [0.717, 1.165) is 19.6 Å². The summed E-state index contributed by atoms with van der Waals surface area (Å²) in [5.41, 5.74) is 1.82. The number of rotatable bonds is 7. The van der Waals surface area contributed by atoms with E-state index in [1.54, 1.807) is 11.3 Å². The van der Waals surface area contributed by atoms with Gasteiger partial charge in [0.15, 0.2) is 0 Å². The fraction of sp³-hybridized carbons (Fsp3) is 0.800. The van der Waals surface area contributed by atoms with Gasteiger partial charge >= 0.3 is 0 Å². The van der Waals surface area contributed by atoms with Crippen molar-refractivity contribution in [2.45, 2.75) is 53.1 Å². The summed E-state index contributed by atoms with van der Waals surface area (Å²) in [6.45, 7) is 12.3. The van der Waals surface area contributed by atoms with Crippen molar-refractivity contribution in [3.05, 3.63) is 16.1 Å².